The molecule has 1 N–H and O–H groups in total. The SMILES string of the molecule is CCC(C)(C)NC(=O)CN(C)C1CCc2ccccc21. The number of fused-ring (bicyclic) bond motifs is 1. The first-order valence-electron chi connectivity index (χ1n) is 7.52. The van der Waals surface area contributed by atoms with Gasteiger partial charge in [0.25, 0.3) is 0 Å². The molecular weight excluding hydrogens is 248 g/mol. The molecule has 0 radical (unpaired) electrons. The summed E-state index contributed by atoms with van der Waals surface area (Å²) in [5.74, 6) is 0.115. The molecule has 0 spiro atoms. The van der Waals surface area contributed by atoms with Crippen LogP contribution in [0.4, 0.5) is 0 Å². The number of carbonyl (C=O) groups is 1. The second-order valence-electron chi connectivity index (χ2n) is 6.45. The van der Waals surface area contributed by atoms with Crippen LogP contribution in [0.25, 0.3) is 0 Å². The Bertz CT molecular complexity index is 482. The molecule has 0 aliphatic heterocycles. The molecular formula is C17H26N2O. The monoisotopic (exact) mass is 274 g/mol. The average Bonchev–Trinajstić information content (AvgIpc) is 2.81. The van der Waals surface area contributed by atoms with Crippen LogP contribution in [0.2, 0.25) is 0 Å². The van der Waals surface area contributed by atoms with Crippen LogP contribution in [0.1, 0.15) is 50.8 Å². The van der Waals surface area contributed by atoms with E-state index < -0.39 is 0 Å². The molecule has 1 aliphatic rings. The van der Waals surface area contributed by atoms with E-state index in [-0.39, 0.29) is 11.4 Å². The number of nitrogens with zero attached hydrogens (tertiary/aromatic N) is 1. The van der Waals surface area contributed by atoms with Crippen molar-refractivity contribution in [3.05, 3.63) is 35.4 Å². The number of hydrogen-bond acceptors (Lipinski definition) is 2. The van der Waals surface area contributed by atoms with Crippen LogP contribution >= 0.6 is 0 Å². The summed E-state index contributed by atoms with van der Waals surface area (Å²) in [5.41, 5.74) is 2.70. The summed E-state index contributed by atoms with van der Waals surface area (Å²) in [6.45, 7) is 6.69. The highest BCUT2D eigenvalue weighted by atomic mass is 16.2. The van der Waals surface area contributed by atoms with Crippen LogP contribution in [0.3, 0.4) is 0 Å². The van der Waals surface area contributed by atoms with Crippen molar-refractivity contribution in [2.45, 2.75) is 51.6 Å². The Balaban J connectivity index is 1.97. The minimum atomic E-state index is -0.120. The fourth-order valence-electron chi connectivity index (χ4n) is 2.83. The van der Waals surface area contributed by atoms with Gasteiger partial charge in [0.1, 0.15) is 0 Å². The Hall–Kier alpha value is -1.35. The lowest BCUT2D eigenvalue weighted by molar-refractivity contribution is -0.124. The first kappa shape index (κ1) is 15.0. The maximum absolute atomic E-state index is 12.1. The quantitative estimate of drug-likeness (QED) is 0.895. The van der Waals surface area contributed by atoms with Gasteiger partial charge in [-0.15, -0.1) is 0 Å². The minimum Gasteiger partial charge on any atom is -0.350 e. The average molecular weight is 274 g/mol. The molecule has 2 rings (SSSR count). The Kier molecular flexibility index (Phi) is 4.48. The minimum absolute atomic E-state index is 0.115. The van der Waals surface area contributed by atoms with Crippen LogP contribution in [0.15, 0.2) is 24.3 Å². The molecule has 3 nitrogen and oxygen atoms in total. The Morgan fingerprint density at radius 2 is 2.10 bits per heavy atom. The van der Waals surface area contributed by atoms with Crippen molar-refractivity contribution in [3.63, 3.8) is 0 Å². The second kappa shape index (κ2) is 5.96. The molecule has 0 saturated heterocycles. The van der Waals surface area contributed by atoms with E-state index in [0.717, 1.165) is 19.3 Å². The predicted molar refractivity (Wildman–Crippen MR) is 82.6 cm³/mol. The second-order valence-corrected chi connectivity index (χ2v) is 6.45. The molecule has 20 heavy (non-hydrogen) atoms. The zero-order valence-corrected chi connectivity index (χ0v) is 13.1. The zero-order valence-electron chi connectivity index (χ0n) is 13.1. The van der Waals surface area contributed by atoms with Crippen LogP contribution in [-0.2, 0) is 11.2 Å². The molecule has 0 aromatic heterocycles. The van der Waals surface area contributed by atoms with Crippen molar-refractivity contribution in [1.29, 1.82) is 0 Å². The van der Waals surface area contributed by atoms with Crippen molar-refractivity contribution in [1.82, 2.24) is 10.2 Å². The molecule has 1 aromatic carbocycles. The summed E-state index contributed by atoms with van der Waals surface area (Å²) in [5, 5.41) is 3.10. The molecule has 110 valence electrons. The lowest BCUT2D eigenvalue weighted by Crippen LogP contribution is -2.47. The number of amides is 1. The van der Waals surface area contributed by atoms with Crippen LogP contribution in [-0.4, -0.2) is 29.9 Å². The molecule has 1 aromatic rings. The highest BCUT2D eigenvalue weighted by Gasteiger charge is 2.27. The molecule has 1 unspecified atom stereocenters. The molecule has 1 aliphatic carbocycles. The van der Waals surface area contributed by atoms with E-state index in [2.05, 4.69) is 55.3 Å². The molecule has 3 heteroatoms. The number of rotatable bonds is 5. The lowest BCUT2D eigenvalue weighted by Gasteiger charge is -2.29. The highest BCUT2D eigenvalue weighted by molar-refractivity contribution is 5.78. The van der Waals surface area contributed by atoms with Gasteiger partial charge in [0.2, 0.25) is 5.91 Å². The van der Waals surface area contributed by atoms with E-state index in [4.69, 9.17) is 0 Å². The van der Waals surface area contributed by atoms with Gasteiger partial charge in [-0.05, 0) is 51.3 Å². The lowest BCUT2D eigenvalue weighted by atomic mass is 10.0. The van der Waals surface area contributed by atoms with Crippen LogP contribution < -0.4 is 5.32 Å². The normalized spacial score (nSPS) is 18.1. The van der Waals surface area contributed by atoms with E-state index in [1.807, 2.05) is 7.05 Å². The Morgan fingerprint density at radius 3 is 2.80 bits per heavy atom. The largest absolute Gasteiger partial charge is 0.350 e. The number of nitrogens with one attached hydrogen (secondary N) is 1. The van der Waals surface area contributed by atoms with Crippen LogP contribution in [0.5, 0.6) is 0 Å². The summed E-state index contributed by atoms with van der Waals surface area (Å²) in [6, 6.07) is 8.95. The fourth-order valence-corrected chi connectivity index (χ4v) is 2.83. The number of likely N-dealkylation sites (N-methyl/N-ethyl adjacent to an activating group) is 1. The molecule has 0 heterocycles. The van der Waals surface area contributed by atoms with E-state index >= 15 is 0 Å². The van der Waals surface area contributed by atoms with E-state index in [1.54, 1.807) is 0 Å². The van der Waals surface area contributed by atoms with Gasteiger partial charge in [-0.2, -0.15) is 0 Å². The number of aryl methyl sites for hydroxylation is 1. The van der Waals surface area contributed by atoms with Crippen molar-refractivity contribution in [2.75, 3.05) is 13.6 Å². The van der Waals surface area contributed by atoms with Gasteiger partial charge in [-0.1, -0.05) is 31.2 Å². The highest BCUT2D eigenvalue weighted by Crippen LogP contribution is 2.34. The van der Waals surface area contributed by atoms with Gasteiger partial charge in [0.05, 0.1) is 6.54 Å². The molecule has 1 amide bonds. The Labute approximate surface area is 122 Å². The molecule has 0 fully saturated rings. The zero-order chi connectivity index (χ0) is 14.8. The van der Waals surface area contributed by atoms with Gasteiger partial charge in [-0.3, -0.25) is 9.69 Å². The number of hydrogen-bond donors (Lipinski definition) is 1. The smallest absolute Gasteiger partial charge is 0.234 e. The third-order valence-corrected chi connectivity index (χ3v) is 4.39. The topological polar surface area (TPSA) is 32.3 Å². The first-order chi connectivity index (χ1) is 9.43. The van der Waals surface area contributed by atoms with Gasteiger partial charge in [0.15, 0.2) is 0 Å². The van der Waals surface area contributed by atoms with Gasteiger partial charge < -0.3 is 5.32 Å². The maximum Gasteiger partial charge on any atom is 0.234 e. The van der Waals surface area contributed by atoms with Crippen molar-refractivity contribution in [2.24, 2.45) is 0 Å². The third kappa shape index (κ3) is 3.40. The van der Waals surface area contributed by atoms with Gasteiger partial charge >= 0.3 is 0 Å². The van der Waals surface area contributed by atoms with Gasteiger partial charge in [0, 0.05) is 11.6 Å². The maximum atomic E-state index is 12.1. The van der Waals surface area contributed by atoms with Crippen LogP contribution in [0, 0.1) is 0 Å². The standard InChI is InChI=1S/C17H26N2O/c1-5-17(2,3)18-16(20)12-19(4)15-11-10-13-8-6-7-9-14(13)15/h6-9,15H,5,10-12H2,1-4H3,(H,18,20). The number of carbonyl (C=O) groups excluding carboxylic acids is 1. The van der Waals surface area contributed by atoms with Gasteiger partial charge in [-0.25, -0.2) is 0 Å². The Morgan fingerprint density at radius 1 is 1.40 bits per heavy atom. The molecule has 1 atom stereocenters. The fraction of sp³-hybridized carbons (Fsp3) is 0.588. The molecule has 0 saturated carbocycles. The van der Waals surface area contributed by atoms with Crippen molar-refractivity contribution < 1.29 is 4.79 Å². The molecule has 0 bridgehead atoms. The summed E-state index contributed by atoms with van der Waals surface area (Å²) in [7, 11) is 2.05. The number of benzene rings is 1. The summed E-state index contributed by atoms with van der Waals surface area (Å²) in [6.07, 6.45) is 3.17. The van der Waals surface area contributed by atoms with E-state index in [1.165, 1.54) is 11.1 Å². The van der Waals surface area contributed by atoms with E-state index in [9.17, 15) is 4.79 Å². The predicted octanol–water partition coefficient (Wildman–Crippen LogP) is 2.91. The summed E-state index contributed by atoms with van der Waals surface area (Å²) in [4.78, 5) is 14.3. The third-order valence-electron chi connectivity index (χ3n) is 4.39. The van der Waals surface area contributed by atoms with Crippen molar-refractivity contribution in [3.8, 4) is 0 Å². The summed E-state index contributed by atoms with van der Waals surface area (Å²) < 4.78 is 0. The summed E-state index contributed by atoms with van der Waals surface area (Å²) >= 11 is 0. The van der Waals surface area contributed by atoms with E-state index in [0.29, 0.717) is 12.6 Å². The first-order valence-corrected chi connectivity index (χ1v) is 7.52. The van der Waals surface area contributed by atoms with Crippen molar-refractivity contribution >= 4 is 5.91 Å².